The van der Waals surface area contributed by atoms with E-state index in [1.807, 2.05) is 0 Å². The summed E-state index contributed by atoms with van der Waals surface area (Å²) in [5.74, 6) is -0.366. The number of carbonyl (C=O) groups is 2. The van der Waals surface area contributed by atoms with Crippen molar-refractivity contribution in [2.75, 3.05) is 13.7 Å². The first-order valence-electron chi connectivity index (χ1n) is 7.77. The maximum absolute atomic E-state index is 12.6. The molecule has 3 amide bonds. The van der Waals surface area contributed by atoms with Gasteiger partial charge in [0.25, 0.3) is 5.91 Å². The number of carbonyl (C=O) groups excluding carboxylic acids is 2. The van der Waals surface area contributed by atoms with Crippen molar-refractivity contribution in [2.24, 2.45) is 0 Å². The molecule has 1 aliphatic rings. The molecule has 1 aliphatic heterocycles. The van der Waals surface area contributed by atoms with Crippen molar-refractivity contribution in [2.45, 2.75) is 25.6 Å². The molecule has 11 heteroatoms. The van der Waals surface area contributed by atoms with Gasteiger partial charge in [0.2, 0.25) is 0 Å². The Morgan fingerprint density at radius 3 is 2.88 bits per heavy atom. The Kier molecular flexibility index (Phi) is 5.70. The van der Waals surface area contributed by atoms with Crippen LogP contribution < -0.4 is 5.32 Å². The Balaban J connectivity index is 1.65. The monoisotopic (exact) mass is 398 g/mol. The van der Waals surface area contributed by atoms with E-state index in [1.54, 1.807) is 18.0 Å². The van der Waals surface area contributed by atoms with Gasteiger partial charge in [-0.25, -0.2) is 9.48 Å². The van der Waals surface area contributed by atoms with Gasteiger partial charge in [-0.2, -0.15) is 0 Å². The number of nitrogens with zero attached hydrogens (tertiary/aromatic N) is 5. The third-order valence-electron chi connectivity index (χ3n) is 3.82. The number of ether oxygens (including phenoxy) is 1. The lowest BCUT2D eigenvalue weighted by atomic mass is 10.1. The molecule has 3 heterocycles. The zero-order valence-corrected chi connectivity index (χ0v) is 15.4. The van der Waals surface area contributed by atoms with Crippen molar-refractivity contribution in [3.63, 3.8) is 0 Å². The van der Waals surface area contributed by atoms with Gasteiger partial charge >= 0.3 is 6.03 Å². The van der Waals surface area contributed by atoms with E-state index >= 15 is 0 Å². The molecule has 0 unspecified atom stereocenters. The van der Waals surface area contributed by atoms with Gasteiger partial charge in [0.15, 0.2) is 0 Å². The summed E-state index contributed by atoms with van der Waals surface area (Å²) in [4.78, 5) is 29.9. The van der Waals surface area contributed by atoms with Gasteiger partial charge < -0.3 is 10.1 Å². The molecule has 0 spiro atoms. The first-order chi connectivity index (χ1) is 12.5. The Morgan fingerprint density at radius 2 is 2.15 bits per heavy atom. The molecular formula is C15H16Cl2N6O3. The number of pyridine rings is 1. The van der Waals surface area contributed by atoms with E-state index in [2.05, 4.69) is 20.6 Å². The molecule has 0 aliphatic carbocycles. The largest absolute Gasteiger partial charge is 0.383 e. The van der Waals surface area contributed by atoms with Crippen molar-refractivity contribution in [3.8, 4) is 0 Å². The molecule has 2 aromatic rings. The molecule has 0 saturated carbocycles. The van der Waals surface area contributed by atoms with E-state index in [4.69, 9.17) is 27.9 Å². The smallest absolute Gasteiger partial charge is 0.325 e. The molecule has 1 atom stereocenters. The van der Waals surface area contributed by atoms with Gasteiger partial charge in [0, 0.05) is 25.9 Å². The molecule has 0 radical (unpaired) electrons. The molecule has 0 aromatic carbocycles. The minimum absolute atomic E-state index is 0.0301. The van der Waals surface area contributed by atoms with Crippen LogP contribution in [-0.2, 0) is 29.0 Å². The van der Waals surface area contributed by atoms with E-state index < -0.39 is 12.1 Å². The van der Waals surface area contributed by atoms with Gasteiger partial charge in [-0.15, -0.1) is 5.10 Å². The fourth-order valence-corrected chi connectivity index (χ4v) is 2.95. The Labute approximate surface area is 159 Å². The lowest BCUT2D eigenvalue weighted by molar-refractivity contribution is -0.127. The zero-order chi connectivity index (χ0) is 18.7. The summed E-state index contributed by atoms with van der Waals surface area (Å²) in [6.45, 7) is 1.03. The van der Waals surface area contributed by atoms with Crippen LogP contribution in [0.3, 0.4) is 0 Å². The molecule has 1 saturated heterocycles. The highest BCUT2D eigenvalue weighted by Gasteiger charge is 2.38. The average Bonchev–Trinajstić information content (AvgIpc) is 3.15. The number of nitrogens with one attached hydrogen (secondary N) is 1. The molecule has 0 bridgehead atoms. The molecule has 1 N–H and O–H groups in total. The zero-order valence-electron chi connectivity index (χ0n) is 13.9. The fraction of sp³-hybridized carbons (Fsp3) is 0.400. The summed E-state index contributed by atoms with van der Waals surface area (Å²) in [5.41, 5.74) is 0.995. The van der Waals surface area contributed by atoms with Crippen molar-refractivity contribution in [1.29, 1.82) is 0 Å². The van der Waals surface area contributed by atoms with E-state index in [9.17, 15) is 9.59 Å². The second-order valence-corrected chi connectivity index (χ2v) is 6.52. The molecule has 9 nitrogen and oxygen atoms in total. The van der Waals surface area contributed by atoms with Gasteiger partial charge in [-0.05, 0) is 6.07 Å². The predicted molar refractivity (Wildman–Crippen MR) is 92.7 cm³/mol. The number of aromatic nitrogens is 4. The number of amides is 3. The average molecular weight is 399 g/mol. The standard InChI is InChI=1S/C15H16Cl2N6O3/c1-26-3-2-22-7-10(20-21-22)5-12-14(24)23(15(25)19-12)8-13-11(17)4-9(16)6-18-13/h4,6-7,12H,2-3,5,8H2,1H3,(H,19,25)/t12-/m1/s1. The van der Waals surface area contributed by atoms with Gasteiger partial charge in [-0.1, -0.05) is 28.4 Å². The SMILES string of the molecule is COCCn1cc(C[C@H]2NC(=O)N(Cc3ncc(Cl)cc3Cl)C2=O)nn1. The van der Waals surface area contributed by atoms with Gasteiger partial charge in [-0.3, -0.25) is 14.7 Å². The van der Waals surface area contributed by atoms with Crippen LogP contribution in [0.1, 0.15) is 11.4 Å². The highest BCUT2D eigenvalue weighted by atomic mass is 35.5. The lowest BCUT2D eigenvalue weighted by Gasteiger charge is -2.13. The van der Waals surface area contributed by atoms with Crippen molar-refractivity contribution >= 4 is 35.1 Å². The lowest BCUT2D eigenvalue weighted by Crippen LogP contribution is -2.32. The Morgan fingerprint density at radius 1 is 1.35 bits per heavy atom. The number of hydrogen-bond acceptors (Lipinski definition) is 6. The minimum atomic E-state index is -0.707. The summed E-state index contributed by atoms with van der Waals surface area (Å²) in [5, 5.41) is 11.3. The minimum Gasteiger partial charge on any atom is -0.383 e. The van der Waals surface area contributed by atoms with Crippen LogP contribution >= 0.6 is 23.2 Å². The summed E-state index contributed by atoms with van der Waals surface area (Å²) in [6, 6.07) is 0.306. The molecule has 26 heavy (non-hydrogen) atoms. The van der Waals surface area contributed by atoms with Crippen molar-refractivity contribution in [3.05, 3.63) is 39.9 Å². The second kappa shape index (κ2) is 7.98. The number of methoxy groups -OCH3 is 1. The number of rotatable bonds is 7. The Hall–Kier alpha value is -2.23. The van der Waals surface area contributed by atoms with Crippen LogP contribution in [0.25, 0.3) is 0 Å². The Bertz CT molecular complexity index is 827. The van der Waals surface area contributed by atoms with E-state index in [-0.39, 0.29) is 18.9 Å². The summed E-state index contributed by atoms with van der Waals surface area (Å²) in [6.07, 6.45) is 3.38. The van der Waals surface area contributed by atoms with E-state index in [0.29, 0.717) is 34.6 Å². The fourth-order valence-electron chi connectivity index (χ4n) is 2.51. The van der Waals surface area contributed by atoms with Crippen LogP contribution in [0.4, 0.5) is 4.79 Å². The maximum Gasteiger partial charge on any atom is 0.325 e. The van der Waals surface area contributed by atoms with Crippen LogP contribution in [-0.4, -0.2) is 56.6 Å². The van der Waals surface area contributed by atoms with Gasteiger partial charge in [0.05, 0.1) is 41.1 Å². The molecule has 1 fully saturated rings. The third kappa shape index (κ3) is 4.12. The van der Waals surface area contributed by atoms with Crippen molar-refractivity contribution in [1.82, 2.24) is 30.2 Å². The quantitative estimate of drug-likeness (QED) is 0.704. The number of hydrogen-bond donors (Lipinski definition) is 1. The first kappa shape index (κ1) is 18.6. The highest BCUT2D eigenvalue weighted by molar-refractivity contribution is 6.34. The van der Waals surface area contributed by atoms with E-state index in [0.717, 1.165) is 4.90 Å². The maximum atomic E-state index is 12.6. The van der Waals surface area contributed by atoms with Crippen LogP contribution in [0.15, 0.2) is 18.5 Å². The number of halogens is 2. The number of urea groups is 1. The molecular weight excluding hydrogens is 383 g/mol. The number of imide groups is 1. The molecule has 138 valence electrons. The summed E-state index contributed by atoms with van der Waals surface area (Å²) in [7, 11) is 1.60. The van der Waals surface area contributed by atoms with Crippen LogP contribution in [0.5, 0.6) is 0 Å². The molecule has 2 aromatic heterocycles. The predicted octanol–water partition coefficient (Wildman–Crippen LogP) is 1.29. The first-order valence-corrected chi connectivity index (χ1v) is 8.53. The molecule has 3 rings (SSSR count). The van der Waals surface area contributed by atoms with Gasteiger partial charge in [0.1, 0.15) is 6.04 Å². The third-order valence-corrected chi connectivity index (χ3v) is 4.36. The normalized spacial score (nSPS) is 17.0. The van der Waals surface area contributed by atoms with Crippen LogP contribution in [0, 0.1) is 0 Å². The summed E-state index contributed by atoms with van der Waals surface area (Å²) >= 11 is 11.9. The highest BCUT2D eigenvalue weighted by Crippen LogP contribution is 2.21. The topological polar surface area (TPSA) is 102 Å². The van der Waals surface area contributed by atoms with E-state index in [1.165, 1.54) is 12.3 Å². The summed E-state index contributed by atoms with van der Waals surface area (Å²) < 4.78 is 6.60. The van der Waals surface area contributed by atoms with Crippen LogP contribution in [0.2, 0.25) is 10.0 Å². The second-order valence-electron chi connectivity index (χ2n) is 5.68. The van der Waals surface area contributed by atoms with Crippen molar-refractivity contribution < 1.29 is 14.3 Å².